The number of quaternary nitrogens is 1. The number of hydrogen-bond acceptors (Lipinski definition) is 6. The Bertz CT molecular complexity index is 554. The smallest absolute Gasteiger partial charge is 0.335 e. The quantitative estimate of drug-likeness (QED) is 0.0712. The molecule has 0 atom stereocenters. The minimum atomic E-state index is -2.26. The van der Waals surface area contributed by atoms with Crippen molar-refractivity contribution in [2.45, 2.75) is 135 Å². The van der Waals surface area contributed by atoms with Gasteiger partial charge in [0.2, 0.25) is 0 Å². The molecule has 41 heavy (non-hydrogen) atoms. The van der Waals surface area contributed by atoms with Gasteiger partial charge in [0.1, 0.15) is 6.10 Å². The van der Waals surface area contributed by atoms with Gasteiger partial charge in [0.15, 0.2) is 0 Å². The molecule has 0 unspecified atom stereocenters. The van der Waals surface area contributed by atoms with Crippen molar-refractivity contribution in [1.29, 1.82) is 0 Å². The second-order valence-electron chi connectivity index (χ2n) is 13.0. The molecule has 0 bridgehead atoms. The predicted octanol–water partition coefficient (Wildman–Crippen LogP) is 7.24. The third-order valence-corrected chi connectivity index (χ3v) is 11.2. The summed E-state index contributed by atoms with van der Waals surface area (Å²) < 4.78 is 30.7. The Labute approximate surface area is 255 Å². The third kappa shape index (κ3) is 24.0. The summed E-state index contributed by atoms with van der Waals surface area (Å²) in [5.74, 6) is 0. The number of nitrogens with zero attached hydrogens (tertiary/aromatic N) is 1. The fraction of sp³-hybridized carbons (Fsp3) is 1.00. The summed E-state index contributed by atoms with van der Waals surface area (Å²) in [6.07, 6.45) is 23.7. The molecule has 0 aromatic rings. The average molecular weight is 605 g/mol. The van der Waals surface area contributed by atoms with Crippen molar-refractivity contribution >= 4 is 8.56 Å². The molecule has 1 fully saturated rings. The molecule has 0 spiro atoms. The molecule has 0 saturated carbocycles. The van der Waals surface area contributed by atoms with E-state index in [2.05, 4.69) is 27.6 Å². The number of hydrogen-bond donors (Lipinski definition) is 1. The number of ether oxygens (including phenoxy) is 3. The zero-order chi connectivity index (χ0) is 29.9. The fourth-order valence-electron chi connectivity index (χ4n) is 5.64. The minimum absolute atomic E-state index is 0.00169. The Kier molecular flexibility index (Phi) is 25.0. The minimum Gasteiger partial charge on any atom is -0.394 e. The molecule has 1 aliphatic heterocycles. The molecule has 0 amide bonds. The van der Waals surface area contributed by atoms with Crippen LogP contribution in [-0.2, 0) is 23.1 Å². The van der Waals surface area contributed by atoms with Crippen molar-refractivity contribution in [3.63, 3.8) is 0 Å². The molecule has 1 rings (SSSR count). The van der Waals surface area contributed by atoms with E-state index in [-0.39, 0.29) is 12.7 Å². The second-order valence-corrected chi connectivity index (χ2v) is 16.3. The molecule has 0 aliphatic carbocycles. The summed E-state index contributed by atoms with van der Waals surface area (Å²) in [4.78, 5) is 0. The van der Waals surface area contributed by atoms with E-state index in [0.717, 1.165) is 23.5 Å². The lowest BCUT2D eigenvalue weighted by Gasteiger charge is -2.32. The number of aliphatic hydroxyl groups is 1. The van der Waals surface area contributed by atoms with Gasteiger partial charge in [0.05, 0.1) is 80.0 Å². The van der Waals surface area contributed by atoms with E-state index in [4.69, 9.17) is 28.2 Å². The molecule has 246 valence electrons. The lowest BCUT2D eigenvalue weighted by Crippen LogP contribution is -2.45. The molecule has 0 aromatic carbocycles. The highest BCUT2D eigenvalue weighted by Gasteiger charge is 2.32. The summed E-state index contributed by atoms with van der Waals surface area (Å²) in [6.45, 7) is 10.2. The fourth-order valence-corrected chi connectivity index (χ4v) is 7.84. The van der Waals surface area contributed by atoms with Gasteiger partial charge in [0, 0.05) is 0 Å². The molecule has 7 nitrogen and oxygen atoms in total. The van der Waals surface area contributed by atoms with Crippen LogP contribution in [0.2, 0.25) is 12.6 Å². The van der Waals surface area contributed by atoms with E-state index in [1.807, 2.05) is 0 Å². The van der Waals surface area contributed by atoms with Gasteiger partial charge in [-0.25, -0.2) is 0 Å². The average Bonchev–Trinajstić information content (AvgIpc) is 2.94. The van der Waals surface area contributed by atoms with Crippen molar-refractivity contribution in [2.24, 2.45) is 0 Å². The first kappa shape index (κ1) is 39.0. The highest BCUT2D eigenvalue weighted by molar-refractivity contribution is 6.66. The maximum atomic E-state index is 8.98. The SMILES string of the molecule is CCCCCCCCCCCCCCCCCC[N+](C)(C)CCC[Si]1(C)OCCOCC(OCCO)COCCO1. The van der Waals surface area contributed by atoms with Gasteiger partial charge in [0.25, 0.3) is 0 Å². The second kappa shape index (κ2) is 26.3. The van der Waals surface area contributed by atoms with E-state index in [1.165, 1.54) is 109 Å². The van der Waals surface area contributed by atoms with Crippen LogP contribution in [0.15, 0.2) is 0 Å². The van der Waals surface area contributed by atoms with E-state index in [0.29, 0.717) is 46.2 Å². The van der Waals surface area contributed by atoms with E-state index in [1.54, 1.807) is 0 Å². The van der Waals surface area contributed by atoms with Crippen LogP contribution in [0.4, 0.5) is 0 Å². The van der Waals surface area contributed by atoms with Gasteiger partial charge < -0.3 is 32.7 Å². The standard InChI is InChI=1S/C33H70NO6Si/c1-5-6-7-8-9-10-11-12-13-14-15-16-17-18-19-20-22-34(2,3)23-21-30-41(4)39-28-26-36-31-33(38-25-24-35)32-37-27-29-40-41/h33,35H,5-32H2,1-4H3/q+1. The molecule has 1 N–H and O–H groups in total. The summed E-state index contributed by atoms with van der Waals surface area (Å²) >= 11 is 0. The van der Waals surface area contributed by atoms with Crippen LogP contribution in [0.25, 0.3) is 0 Å². The molecular formula is C33H70NO6Si+. The van der Waals surface area contributed by atoms with Crippen molar-refractivity contribution in [1.82, 2.24) is 0 Å². The molecule has 1 saturated heterocycles. The largest absolute Gasteiger partial charge is 0.394 e. The first-order valence-corrected chi connectivity index (χ1v) is 19.9. The number of unbranched alkanes of at least 4 members (excludes halogenated alkanes) is 15. The van der Waals surface area contributed by atoms with Crippen molar-refractivity contribution < 1.29 is 32.7 Å². The van der Waals surface area contributed by atoms with Crippen LogP contribution in [-0.4, -0.2) is 104 Å². The van der Waals surface area contributed by atoms with E-state index < -0.39 is 8.56 Å². The molecule has 0 aromatic heterocycles. The summed E-state index contributed by atoms with van der Waals surface area (Å²) in [6, 6.07) is 0.996. The Morgan fingerprint density at radius 3 is 1.56 bits per heavy atom. The van der Waals surface area contributed by atoms with Crippen molar-refractivity contribution in [3.05, 3.63) is 0 Å². The van der Waals surface area contributed by atoms with Gasteiger partial charge in [-0.3, -0.25) is 0 Å². The highest BCUT2D eigenvalue weighted by atomic mass is 28.4. The zero-order valence-electron chi connectivity index (χ0n) is 27.8. The van der Waals surface area contributed by atoms with Crippen LogP contribution in [0.1, 0.15) is 116 Å². The zero-order valence-corrected chi connectivity index (χ0v) is 28.8. The maximum Gasteiger partial charge on any atom is 0.335 e. The monoisotopic (exact) mass is 604 g/mol. The Morgan fingerprint density at radius 1 is 0.659 bits per heavy atom. The van der Waals surface area contributed by atoms with Gasteiger partial charge in [-0.2, -0.15) is 0 Å². The lowest BCUT2D eigenvalue weighted by molar-refractivity contribution is -0.890. The summed E-state index contributed by atoms with van der Waals surface area (Å²) in [5, 5.41) is 8.98. The van der Waals surface area contributed by atoms with Crippen LogP contribution in [0.3, 0.4) is 0 Å². The highest BCUT2D eigenvalue weighted by Crippen LogP contribution is 2.19. The molecule has 1 heterocycles. The van der Waals surface area contributed by atoms with Gasteiger partial charge in [-0.1, -0.05) is 96.8 Å². The van der Waals surface area contributed by atoms with Crippen LogP contribution in [0, 0.1) is 0 Å². The van der Waals surface area contributed by atoms with Crippen molar-refractivity contribution in [3.8, 4) is 0 Å². The Hall–Kier alpha value is -0.0631. The summed E-state index contributed by atoms with van der Waals surface area (Å²) in [7, 11) is 2.48. The van der Waals surface area contributed by atoms with Gasteiger partial charge >= 0.3 is 8.56 Å². The maximum absolute atomic E-state index is 8.98. The normalized spacial score (nSPS) is 21.4. The first-order chi connectivity index (χ1) is 19.9. The van der Waals surface area contributed by atoms with E-state index >= 15 is 0 Å². The topological polar surface area (TPSA) is 66.4 Å². The molecule has 0 radical (unpaired) electrons. The third-order valence-electron chi connectivity index (χ3n) is 8.33. The van der Waals surface area contributed by atoms with E-state index in [9.17, 15) is 0 Å². The van der Waals surface area contributed by atoms with Crippen LogP contribution in [0.5, 0.6) is 0 Å². The predicted molar refractivity (Wildman–Crippen MR) is 173 cm³/mol. The molecule has 8 heteroatoms. The summed E-state index contributed by atoms with van der Waals surface area (Å²) in [5.41, 5.74) is 0. The van der Waals surface area contributed by atoms with Gasteiger partial charge in [-0.15, -0.1) is 0 Å². The van der Waals surface area contributed by atoms with Gasteiger partial charge in [-0.05, 0) is 31.9 Å². The number of aliphatic hydroxyl groups excluding tert-OH is 1. The lowest BCUT2D eigenvalue weighted by atomic mass is 10.0. The van der Waals surface area contributed by atoms with Crippen LogP contribution >= 0.6 is 0 Å². The Balaban J connectivity index is 2.06. The van der Waals surface area contributed by atoms with Crippen LogP contribution < -0.4 is 0 Å². The molecule has 1 aliphatic rings. The Morgan fingerprint density at radius 2 is 1.10 bits per heavy atom. The number of rotatable bonds is 24. The van der Waals surface area contributed by atoms with Crippen molar-refractivity contribution in [2.75, 3.05) is 80.0 Å². The molecular weight excluding hydrogens is 534 g/mol. The first-order valence-electron chi connectivity index (χ1n) is 17.4.